The van der Waals surface area contributed by atoms with E-state index in [1.165, 1.54) is 12.1 Å². The predicted molar refractivity (Wildman–Crippen MR) is 47.9 cm³/mol. The number of sulfonamides is 1. The molecule has 0 atom stereocenters. The molecule has 0 amide bonds. The van der Waals surface area contributed by atoms with Gasteiger partial charge in [0.1, 0.15) is 0 Å². The third-order valence-electron chi connectivity index (χ3n) is 1.60. The fourth-order valence-corrected chi connectivity index (χ4v) is 1.71. The molecular formula is C8H9NO3S. The number of hydrogen-bond donors (Lipinski definition) is 1. The second-order valence-electron chi connectivity index (χ2n) is 2.70. The van der Waals surface area contributed by atoms with Crippen molar-refractivity contribution in [2.24, 2.45) is 5.14 Å². The van der Waals surface area contributed by atoms with Gasteiger partial charge in [0.2, 0.25) is 10.0 Å². The summed E-state index contributed by atoms with van der Waals surface area (Å²) in [5.41, 5.74) is 0.914. The summed E-state index contributed by atoms with van der Waals surface area (Å²) in [5.74, 6) is 0. The highest BCUT2D eigenvalue weighted by Gasteiger charge is 2.12. The molecular weight excluding hydrogens is 190 g/mol. The van der Waals surface area contributed by atoms with E-state index in [0.29, 0.717) is 6.29 Å². The first-order chi connectivity index (χ1) is 5.95. The molecule has 0 radical (unpaired) electrons. The lowest BCUT2D eigenvalue weighted by molar-refractivity contribution is 0.112. The van der Waals surface area contributed by atoms with Crippen LogP contribution in [-0.2, 0) is 10.0 Å². The van der Waals surface area contributed by atoms with Crippen molar-refractivity contribution in [1.29, 1.82) is 0 Å². The van der Waals surface area contributed by atoms with Crippen LogP contribution in [0.3, 0.4) is 0 Å². The third-order valence-corrected chi connectivity index (χ3v) is 2.58. The quantitative estimate of drug-likeness (QED) is 0.703. The van der Waals surface area contributed by atoms with Crippen molar-refractivity contribution < 1.29 is 13.2 Å². The highest BCUT2D eigenvalue weighted by Crippen LogP contribution is 2.13. The summed E-state index contributed by atoms with van der Waals surface area (Å²) in [6, 6.07) is 4.40. The Morgan fingerprint density at radius 1 is 1.38 bits per heavy atom. The minimum Gasteiger partial charge on any atom is -0.298 e. The van der Waals surface area contributed by atoms with Crippen molar-refractivity contribution in [1.82, 2.24) is 0 Å². The summed E-state index contributed by atoms with van der Waals surface area (Å²) < 4.78 is 21.9. The molecule has 0 aliphatic rings. The van der Waals surface area contributed by atoms with Crippen LogP contribution in [0.25, 0.3) is 0 Å². The third kappa shape index (κ3) is 2.13. The van der Waals surface area contributed by atoms with E-state index in [2.05, 4.69) is 0 Å². The minimum atomic E-state index is -3.79. The maximum absolute atomic E-state index is 10.9. The molecule has 4 nitrogen and oxygen atoms in total. The van der Waals surface area contributed by atoms with Crippen LogP contribution in [0.15, 0.2) is 23.1 Å². The van der Waals surface area contributed by atoms with Gasteiger partial charge in [0, 0.05) is 5.56 Å². The number of aldehydes is 1. The van der Waals surface area contributed by atoms with Crippen LogP contribution in [0.2, 0.25) is 0 Å². The Bertz CT molecular complexity index is 437. The van der Waals surface area contributed by atoms with Gasteiger partial charge in [-0.2, -0.15) is 0 Å². The van der Waals surface area contributed by atoms with E-state index < -0.39 is 10.0 Å². The molecule has 0 spiro atoms. The maximum Gasteiger partial charge on any atom is 0.238 e. The standard InChI is InChI=1S/C8H9NO3S/c1-6-2-3-8(13(9,11)12)7(4-6)5-10/h2-5H,1H3,(H2,9,11,12). The van der Waals surface area contributed by atoms with E-state index in [9.17, 15) is 13.2 Å². The van der Waals surface area contributed by atoms with Crippen molar-refractivity contribution in [3.63, 3.8) is 0 Å². The molecule has 0 fully saturated rings. The Hall–Kier alpha value is -1.20. The maximum atomic E-state index is 10.9. The van der Waals surface area contributed by atoms with E-state index in [4.69, 9.17) is 5.14 Å². The highest BCUT2D eigenvalue weighted by molar-refractivity contribution is 7.89. The first-order valence-electron chi connectivity index (χ1n) is 3.54. The summed E-state index contributed by atoms with van der Waals surface area (Å²) in [6.45, 7) is 1.76. The number of hydrogen-bond acceptors (Lipinski definition) is 3. The zero-order chi connectivity index (χ0) is 10.1. The Balaban J connectivity index is 3.47. The van der Waals surface area contributed by atoms with Crippen LogP contribution >= 0.6 is 0 Å². The van der Waals surface area contributed by atoms with Crippen molar-refractivity contribution in [2.45, 2.75) is 11.8 Å². The highest BCUT2D eigenvalue weighted by atomic mass is 32.2. The fraction of sp³-hybridized carbons (Fsp3) is 0.125. The predicted octanol–water partition coefficient (Wildman–Crippen LogP) is 0.455. The Labute approximate surface area is 76.4 Å². The number of carbonyl (C=O) groups excluding carboxylic acids is 1. The molecule has 0 saturated carbocycles. The molecule has 0 aliphatic carbocycles. The summed E-state index contributed by atoms with van der Waals surface area (Å²) in [5, 5.41) is 4.90. The molecule has 1 rings (SSSR count). The molecule has 0 bridgehead atoms. The second kappa shape index (κ2) is 3.27. The van der Waals surface area contributed by atoms with Crippen LogP contribution in [-0.4, -0.2) is 14.7 Å². The average Bonchev–Trinajstić information content (AvgIpc) is 2.01. The lowest BCUT2D eigenvalue weighted by atomic mass is 10.2. The number of benzene rings is 1. The van der Waals surface area contributed by atoms with Crippen molar-refractivity contribution >= 4 is 16.3 Å². The van der Waals surface area contributed by atoms with Crippen LogP contribution in [0, 0.1) is 6.92 Å². The van der Waals surface area contributed by atoms with Crippen LogP contribution in [0.4, 0.5) is 0 Å². The molecule has 0 aliphatic heterocycles. The number of rotatable bonds is 2. The van der Waals surface area contributed by atoms with Crippen LogP contribution < -0.4 is 5.14 Å². The van der Waals surface area contributed by atoms with Crippen LogP contribution in [0.5, 0.6) is 0 Å². The van der Waals surface area contributed by atoms with Crippen molar-refractivity contribution in [3.8, 4) is 0 Å². The van der Waals surface area contributed by atoms with E-state index in [-0.39, 0.29) is 10.5 Å². The number of nitrogens with two attached hydrogens (primary N) is 1. The van der Waals surface area contributed by atoms with Crippen molar-refractivity contribution in [2.75, 3.05) is 0 Å². The second-order valence-corrected chi connectivity index (χ2v) is 4.23. The van der Waals surface area contributed by atoms with Gasteiger partial charge in [-0.1, -0.05) is 11.6 Å². The van der Waals surface area contributed by atoms with E-state index in [0.717, 1.165) is 5.56 Å². The Morgan fingerprint density at radius 3 is 2.46 bits per heavy atom. The molecule has 5 heteroatoms. The largest absolute Gasteiger partial charge is 0.298 e. The first-order valence-corrected chi connectivity index (χ1v) is 5.08. The van der Waals surface area contributed by atoms with Gasteiger partial charge < -0.3 is 0 Å². The van der Waals surface area contributed by atoms with Gasteiger partial charge in [-0.25, -0.2) is 13.6 Å². The van der Waals surface area contributed by atoms with Crippen LogP contribution in [0.1, 0.15) is 15.9 Å². The van der Waals surface area contributed by atoms with Gasteiger partial charge >= 0.3 is 0 Å². The smallest absolute Gasteiger partial charge is 0.238 e. The van der Waals surface area contributed by atoms with Gasteiger partial charge in [-0.15, -0.1) is 0 Å². The van der Waals surface area contributed by atoms with Gasteiger partial charge in [0.05, 0.1) is 4.90 Å². The van der Waals surface area contributed by atoms with Gasteiger partial charge in [0.15, 0.2) is 6.29 Å². The molecule has 2 N–H and O–H groups in total. The summed E-state index contributed by atoms with van der Waals surface area (Å²) in [6.07, 6.45) is 0.479. The fourth-order valence-electron chi connectivity index (χ4n) is 1.02. The van der Waals surface area contributed by atoms with Gasteiger partial charge in [-0.3, -0.25) is 4.79 Å². The zero-order valence-corrected chi connectivity index (χ0v) is 7.84. The lowest BCUT2D eigenvalue weighted by Gasteiger charge is -2.02. The molecule has 1 aromatic rings. The molecule has 0 aromatic heterocycles. The van der Waals surface area contributed by atoms with Crippen molar-refractivity contribution in [3.05, 3.63) is 29.3 Å². The summed E-state index contributed by atoms with van der Waals surface area (Å²) >= 11 is 0. The summed E-state index contributed by atoms with van der Waals surface area (Å²) in [4.78, 5) is 10.4. The van der Waals surface area contributed by atoms with E-state index >= 15 is 0 Å². The zero-order valence-electron chi connectivity index (χ0n) is 7.02. The monoisotopic (exact) mass is 199 g/mol. The Kier molecular flexibility index (Phi) is 2.49. The molecule has 13 heavy (non-hydrogen) atoms. The molecule has 0 saturated heterocycles. The lowest BCUT2D eigenvalue weighted by Crippen LogP contribution is -2.14. The first kappa shape index (κ1) is 9.88. The van der Waals surface area contributed by atoms with Gasteiger partial charge in [-0.05, 0) is 19.1 Å². The molecule has 0 unspecified atom stereocenters. The topological polar surface area (TPSA) is 77.2 Å². The SMILES string of the molecule is Cc1ccc(S(N)(=O)=O)c(C=O)c1. The minimum absolute atomic E-state index is 0.0995. The Morgan fingerprint density at radius 2 is 2.00 bits per heavy atom. The molecule has 1 aromatic carbocycles. The van der Waals surface area contributed by atoms with E-state index in [1.807, 2.05) is 0 Å². The number of aryl methyl sites for hydroxylation is 1. The van der Waals surface area contributed by atoms with Gasteiger partial charge in [0.25, 0.3) is 0 Å². The average molecular weight is 199 g/mol. The summed E-state index contributed by atoms with van der Waals surface area (Å²) in [7, 11) is -3.79. The number of carbonyl (C=O) groups is 1. The molecule has 70 valence electrons. The molecule has 0 heterocycles. The normalized spacial score (nSPS) is 11.2. The number of primary sulfonamides is 1. The van der Waals surface area contributed by atoms with E-state index in [1.54, 1.807) is 13.0 Å².